The molecule has 0 aliphatic heterocycles. The molecule has 0 bridgehead atoms. The SMILES string of the molecule is CCn1c(SCC(=O)Nc2sc3c(c2C#N)CCC(C(C)(C)C)C3)nnc1C(C)Oc1ccc(Br)cc1. The Morgan fingerprint density at radius 3 is 2.73 bits per heavy atom. The van der Waals surface area contributed by atoms with Crippen LogP contribution in [0, 0.1) is 22.7 Å². The van der Waals surface area contributed by atoms with Gasteiger partial charge in [0.15, 0.2) is 17.1 Å². The van der Waals surface area contributed by atoms with Crippen LogP contribution in [0.25, 0.3) is 0 Å². The summed E-state index contributed by atoms with van der Waals surface area (Å²) < 4.78 is 9.00. The maximum Gasteiger partial charge on any atom is 0.235 e. The number of halogens is 1. The number of nitrogens with one attached hydrogen (secondary N) is 1. The van der Waals surface area contributed by atoms with Gasteiger partial charge in [-0.25, -0.2) is 0 Å². The monoisotopic (exact) mass is 601 g/mol. The summed E-state index contributed by atoms with van der Waals surface area (Å²) in [7, 11) is 0. The van der Waals surface area contributed by atoms with E-state index in [0.29, 0.717) is 34.0 Å². The number of ether oxygens (including phenoxy) is 1. The molecule has 0 radical (unpaired) electrons. The van der Waals surface area contributed by atoms with E-state index < -0.39 is 0 Å². The largest absolute Gasteiger partial charge is 0.483 e. The number of nitriles is 1. The molecule has 4 rings (SSSR count). The highest BCUT2D eigenvalue weighted by Crippen LogP contribution is 2.44. The summed E-state index contributed by atoms with van der Waals surface area (Å²) in [6.07, 6.45) is 2.63. The fraction of sp³-hybridized carbons (Fsp3) is 0.481. The quantitative estimate of drug-likeness (QED) is 0.279. The summed E-state index contributed by atoms with van der Waals surface area (Å²) in [6, 6.07) is 9.99. The Labute approximate surface area is 235 Å². The standard InChI is InChI=1S/C27H32BrN5O2S2/c1-6-33-24(16(2)35-19-10-8-18(28)9-11-19)31-32-26(33)36-15-23(34)30-25-21(14-29)20-12-7-17(27(3,4)5)13-22(20)37-25/h8-11,16-17H,6-7,12-13,15H2,1-5H3,(H,30,34). The molecule has 2 unspecified atom stereocenters. The summed E-state index contributed by atoms with van der Waals surface area (Å²) in [4.78, 5) is 14.1. The normalized spacial score (nSPS) is 16.1. The molecule has 1 aliphatic rings. The fourth-order valence-electron chi connectivity index (χ4n) is 4.60. The van der Waals surface area contributed by atoms with Crippen molar-refractivity contribution in [2.45, 2.75) is 71.7 Å². The first-order valence-electron chi connectivity index (χ1n) is 12.4. The van der Waals surface area contributed by atoms with E-state index in [-0.39, 0.29) is 23.2 Å². The Kier molecular flexibility index (Phi) is 8.66. The van der Waals surface area contributed by atoms with E-state index >= 15 is 0 Å². The third-order valence-corrected chi connectivity index (χ3v) is 9.40. The Hall–Kier alpha value is -2.35. The van der Waals surface area contributed by atoms with Crippen molar-refractivity contribution in [2.24, 2.45) is 11.3 Å². The van der Waals surface area contributed by atoms with E-state index in [2.05, 4.69) is 58.3 Å². The third-order valence-electron chi connectivity index (χ3n) is 6.74. The van der Waals surface area contributed by atoms with E-state index in [1.807, 2.05) is 42.7 Å². The molecule has 0 saturated carbocycles. The number of hydrogen-bond donors (Lipinski definition) is 1. The number of amides is 1. The lowest BCUT2D eigenvalue weighted by Crippen LogP contribution is -2.26. The second kappa shape index (κ2) is 11.6. The number of carbonyl (C=O) groups is 1. The highest BCUT2D eigenvalue weighted by molar-refractivity contribution is 9.10. The van der Waals surface area contributed by atoms with Gasteiger partial charge in [0.25, 0.3) is 0 Å². The number of nitrogens with zero attached hydrogens (tertiary/aromatic N) is 4. The van der Waals surface area contributed by atoms with Gasteiger partial charge >= 0.3 is 0 Å². The zero-order valence-corrected chi connectivity index (χ0v) is 25.0. The van der Waals surface area contributed by atoms with Gasteiger partial charge in [-0.2, -0.15) is 5.26 Å². The summed E-state index contributed by atoms with van der Waals surface area (Å²) in [5, 5.41) is 22.8. The van der Waals surface area contributed by atoms with Gasteiger partial charge in [-0.3, -0.25) is 4.79 Å². The average molecular weight is 603 g/mol. The number of anilines is 1. The van der Waals surface area contributed by atoms with E-state index in [9.17, 15) is 10.1 Å². The molecule has 0 spiro atoms. The Balaban J connectivity index is 1.40. The first-order chi connectivity index (χ1) is 17.6. The van der Waals surface area contributed by atoms with Crippen LogP contribution < -0.4 is 10.1 Å². The van der Waals surface area contributed by atoms with E-state index in [1.54, 1.807) is 11.3 Å². The van der Waals surface area contributed by atoms with Crippen LogP contribution in [0.4, 0.5) is 5.00 Å². The summed E-state index contributed by atoms with van der Waals surface area (Å²) in [5.41, 5.74) is 1.97. The molecule has 1 N–H and O–H groups in total. The van der Waals surface area contributed by atoms with Gasteiger partial charge in [-0.15, -0.1) is 21.5 Å². The zero-order valence-electron chi connectivity index (χ0n) is 21.8. The maximum atomic E-state index is 12.9. The minimum absolute atomic E-state index is 0.154. The molecule has 1 aliphatic carbocycles. The minimum atomic E-state index is -0.302. The number of benzene rings is 1. The molecule has 7 nitrogen and oxygen atoms in total. The predicted octanol–water partition coefficient (Wildman–Crippen LogP) is 7.02. The van der Waals surface area contributed by atoms with Gasteiger partial charge in [0.05, 0.1) is 11.3 Å². The number of aromatic nitrogens is 3. The van der Waals surface area contributed by atoms with Gasteiger partial charge in [0.2, 0.25) is 5.91 Å². The molecule has 2 aromatic heterocycles. The van der Waals surface area contributed by atoms with Gasteiger partial charge < -0.3 is 14.6 Å². The molecule has 3 aromatic rings. The number of hydrogen-bond acceptors (Lipinski definition) is 7. The first-order valence-corrected chi connectivity index (χ1v) is 15.0. The molecular formula is C27H32BrN5O2S2. The van der Waals surface area contributed by atoms with Crippen LogP contribution >= 0.6 is 39.0 Å². The molecule has 0 saturated heterocycles. The van der Waals surface area contributed by atoms with Crippen molar-refractivity contribution in [2.75, 3.05) is 11.1 Å². The molecule has 2 heterocycles. The lowest BCUT2D eigenvalue weighted by Gasteiger charge is -2.33. The third kappa shape index (κ3) is 6.39. The van der Waals surface area contributed by atoms with Crippen molar-refractivity contribution >= 4 is 49.9 Å². The fourth-order valence-corrected chi connectivity index (χ4v) is 6.97. The number of thioether (sulfide) groups is 1. The van der Waals surface area contributed by atoms with Crippen LogP contribution in [-0.2, 0) is 24.2 Å². The van der Waals surface area contributed by atoms with Crippen LogP contribution in [0.5, 0.6) is 5.75 Å². The van der Waals surface area contributed by atoms with Crippen LogP contribution in [0.15, 0.2) is 33.9 Å². The van der Waals surface area contributed by atoms with Crippen molar-refractivity contribution in [3.8, 4) is 11.8 Å². The maximum absolute atomic E-state index is 12.9. The van der Waals surface area contributed by atoms with Crippen LogP contribution in [0.1, 0.15) is 69.0 Å². The smallest absolute Gasteiger partial charge is 0.235 e. The highest BCUT2D eigenvalue weighted by atomic mass is 79.9. The topological polar surface area (TPSA) is 92.8 Å². The lowest BCUT2D eigenvalue weighted by atomic mass is 9.72. The Morgan fingerprint density at radius 1 is 1.35 bits per heavy atom. The van der Waals surface area contributed by atoms with Crippen molar-refractivity contribution in [1.29, 1.82) is 5.26 Å². The summed E-state index contributed by atoms with van der Waals surface area (Å²) in [5.74, 6) is 2.06. The second-order valence-electron chi connectivity index (χ2n) is 10.3. The number of rotatable bonds is 8. The molecule has 2 atom stereocenters. The van der Waals surface area contributed by atoms with Gasteiger partial charge in [-0.05, 0) is 74.3 Å². The average Bonchev–Trinajstić information content (AvgIpc) is 3.43. The molecule has 196 valence electrons. The van der Waals surface area contributed by atoms with E-state index in [0.717, 1.165) is 35.0 Å². The second-order valence-corrected chi connectivity index (χ2v) is 13.2. The number of thiophene rings is 1. The predicted molar refractivity (Wildman–Crippen MR) is 152 cm³/mol. The lowest BCUT2D eigenvalue weighted by molar-refractivity contribution is -0.113. The molecule has 37 heavy (non-hydrogen) atoms. The molecular weight excluding hydrogens is 570 g/mol. The van der Waals surface area contributed by atoms with Crippen molar-refractivity contribution < 1.29 is 9.53 Å². The van der Waals surface area contributed by atoms with E-state index in [4.69, 9.17) is 4.74 Å². The summed E-state index contributed by atoms with van der Waals surface area (Å²) >= 11 is 6.32. The molecule has 1 amide bonds. The van der Waals surface area contributed by atoms with Crippen LogP contribution in [0.2, 0.25) is 0 Å². The van der Waals surface area contributed by atoms with Gasteiger partial charge in [0.1, 0.15) is 16.8 Å². The highest BCUT2D eigenvalue weighted by Gasteiger charge is 2.32. The van der Waals surface area contributed by atoms with Gasteiger partial charge in [0, 0.05) is 15.9 Å². The molecule has 10 heteroatoms. The van der Waals surface area contributed by atoms with Crippen molar-refractivity contribution in [1.82, 2.24) is 14.8 Å². The zero-order chi connectivity index (χ0) is 26.7. The van der Waals surface area contributed by atoms with Crippen LogP contribution in [-0.4, -0.2) is 26.4 Å². The number of carbonyl (C=O) groups excluding carboxylic acids is 1. The summed E-state index contributed by atoms with van der Waals surface area (Å²) in [6.45, 7) is 11.4. The van der Waals surface area contributed by atoms with Gasteiger partial charge in [-0.1, -0.05) is 48.5 Å². The van der Waals surface area contributed by atoms with Crippen LogP contribution in [0.3, 0.4) is 0 Å². The first kappa shape index (κ1) is 27.7. The Bertz CT molecular complexity index is 1300. The number of fused-ring (bicyclic) bond motifs is 1. The minimum Gasteiger partial charge on any atom is -0.483 e. The van der Waals surface area contributed by atoms with E-state index in [1.165, 1.54) is 16.6 Å². The molecule has 1 aromatic carbocycles. The van der Waals surface area contributed by atoms with Crippen molar-refractivity contribution in [3.63, 3.8) is 0 Å². The van der Waals surface area contributed by atoms with Crippen molar-refractivity contribution in [3.05, 3.63) is 50.6 Å². The Morgan fingerprint density at radius 2 is 2.08 bits per heavy atom. The molecule has 0 fully saturated rings.